The summed E-state index contributed by atoms with van der Waals surface area (Å²) in [5, 5.41) is 3.68. The molecule has 0 aromatic carbocycles. The van der Waals surface area contributed by atoms with E-state index in [9.17, 15) is 0 Å². The maximum absolute atomic E-state index is 5.82. The molecule has 4 nitrogen and oxygen atoms in total. The van der Waals surface area contributed by atoms with E-state index in [-0.39, 0.29) is 6.04 Å². The maximum Gasteiger partial charge on any atom is 0.151 e. The number of hydrogen-bond acceptors (Lipinski definition) is 4. The first-order chi connectivity index (χ1) is 7.67. The van der Waals surface area contributed by atoms with Gasteiger partial charge in [0.05, 0.1) is 18.3 Å². The number of aromatic nitrogens is 1. The van der Waals surface area contributed by atoms with Gasteiger partial charge in [0, 0.05) is 7.11 Å². The first-order valence-electron chi connectivity index (χ1n) is 5.34. The number of methoxy groups -OCH3 is 1. The molecule has 0 saturated heterocycles. The van der Waals surface area contributed by atoms with E-state index in [0.717, 1.165) is 12.8 Å². The Morgan fingerprint density at radius 3 is 2.94 bits per heavy atom. The summed E-state index contributed by atoms with van der Waals surface area (Å²) in [4.78, 5) is 4.15. The van der Waals surface area contributed by atoms with Crippen molar-refractivity contribution in [3.05, 3.63) is 17.3 Å². The number of hydrogen-bond donors (Lipinski definition) is 2. The van der Waals surface area contributed by atoms with E-state index < -0.39 is 0 Å². The minimum Gasteiger partial charge on any atom is -0.396 e. The SMILES string of the molecule is CCCC(COC)Nc1nc(Cl)ccc1N. The summed E-state index contributed by atoms with van der Waals surface area (Å²) in [7, 11) is 1.68. The number of nitrogen functional groups attached to an aromatic ring is 1. The summed E-state index contributed by atoms with van der Waals surface area (Å²) >= 11 is 5.82. The van der Waals surface area contributed by atoms with Crippen LogP contribution in [0.4, 0.5) is 11.5 Å². The zero-order chi connectivity index (χ0) is 12.0. The Bertz CT molecular complexity index is 327. The van der Waals surface area contributed by atoms with Gasteiger partial charge < -0.3 is 15.8 Å². The first-order valence-corrected chi connectivity index (χ1v) is 5.72. The third-order valence-corrected chi connectivity index (χ3v) is 2.45. The molecule has 5 heteroatoms. The molecular formula is C11H18ClN3O. The summed E-state index contributed by atoms with van der Waals surface area (Å²) in [6.07, 6.45) is 2.07. The van der Waals surface area contributed by atoms with Gasteiger partial charge in [0.25, 0.3) is 0 Å². The minimum atomic E-state index is 0.211. The van der Waals surface area contributed by atoms with Crippen LogP contribution in [0.15, 0.2) is 12.1 Å². The molecule has 0 aliphatic heterocycles. The standard InChI is InChI=1S/C11H18ClN3O/c1-3-4-8(7-16-2)14-11-9(13)5-6-10(12)15-11/h5-6,8H,3-4,7,13H2,1-2H3,(H,14,15). The highest BCUT2D eigenvalue weighted by Gasteiger charge is 2.10. The number of anilines is 2. The van der Waals surface area contributed by atoms with E-state index in [4.69, 9.17) is 22.1 Å². The van der Waals surface area contributed by atoms with Crippen LogP contribution in [0.5, 0.6) is 0 Å². The Kier molecular flexibility index (Phi) is 5.35. The van der Waals surface area contributed by atoms with Crippen molar-refractivity contribution in [2.75, 3.05) is 24.8 Å². The Morgan fingerprint density at radius 2 is 2.31 bits per heavy atom. The van der Waals surface area contributed by atoms with Crippen LogP contribution in [0.25, 0.3) is 0 Å². The topological polar surface area (TPSA) is 60.2 Å². The van der Waals surface area contributed by atoms with Crippen LogP contribution in [-0.2, 0) is 4.74 Å². The molecule has 0 aliphatic rings. The summed E-state index contributed by atoms with van der Waals surface area (Å²) in [5.41, 5.74) is 6.40. The summed E-state index contributed by atoms with van der Waals surface area (Å²) in [6, 6.07) is 3.63. The van der Waals surface area contributed by atoms with Gasteiger partial charge in [-0.05, 0) is 18.6 Å². The van der Waals surface area contributed by atoms with Crippen molar-refractivity contribution in [2.24, 2.45) is 0 Å². The summed E-state index contributed by atoms with van der Waals surface area (Å²) in [5.74, 6) is 0.628. The number of pyridine rings is 1. The molecule has 0 fully saturated rings. The van der Waals surface area contributed by atoms with E-state index in [2.05, 4.69) is 17.2 Å². The van der Waals surface area contributed by atoms with Crippen LogP contribution in [-0.4, -0.2) is 24.7 Å². The predicted octanol–water partition coefficient (Wildman–Crippen LogP) is 2.54. The van der Waals surface area contributed by atoms with Gasteiger partial charge in [0.15, 0.2) is 5.82 Å². The molecular weight excluding hydrogens is 226 g/mol. The smallest absolute Gasteiger partial charge is 0.151 e. The Balaban J connectivity index is 2.71. The highest BCUT2D eigenvalue weighted by molar-refractivity contribution is 6.29. The molecule has 16 heavy (non-hydrogen) atoms. The maximum atomic E-state index is 5.82. The van der Waals surface area contributed by atoms with Gasteiger partial charge >= 0.3 is 0 Å². The van der Waals surface area contributed by atoms with Gasteiger partial charge in [-0.1, -0.05) is 24.9 Å². The fourth-order valence-electron chi connectivity index (χ4n) is 1.50. The highest BCUT2D eigenvalue weighted by Crippen LogP contribution is 2.20. The lowest BCUT2D eigenvalue weighted by molar-refractivity contribution is 0.182. The Labute approximate surface area is 101 Å². The molecule has 1 atom stereocenters. The van der Waals surface area contributed by atoms with Crippen molar-refractivity contribution in [1.29, 1.82) is 0 Å². The van der Waals surface area contributed by atoms with Crippen LogP contribution in [0, 0.1) is 0 Å². The zero-order valence-electron chi connectivity index (χ0n) is 9.66. The van der Waals surface area contributed by atoms with E-state index in [1.165, 1.54) is 0 Å². The van der Waals surface area contributed by atoms with E-state index >= 15 is 0 Å². The number of ether oxygens (including phenoxy) is 1. The van der Waals surface area contributed by atoms with Crippen LogP contribution >= 0.6 is 11.6 Å². The Hall–Kier alpha value is -1.00. The molecule has 1 aromatic rings. The van der Waals surface area contributed by atoms with Gasteiger partial charge in [0.1, 0.15) is 5.15 Å². The van der Waals surface area contributed by atoms with Crippen molar-refractivity contribution in [3.63, 3.8) is 0 Å². The minimum absolute atomic E-state index is 0.211. The molecule has 1 rings (SSSR count). The first kappa shape index (κ1) is 13.1. The molecule has 1 unspecified atom stereocenters. The quantitative estimate of drug-likeness (QED) is 0.754. The highest BCUT2D eigenvalue weighted by atomic mass is 35.5. The van der Waals surface area contributed by atoms with E-state index in [0.29, 0.717) is 23.3 Å². The zero-order valence-corrected chi connectivity index (χ0v) is 10.4. The lowest BCUT2D eigenvalue weighted by Gasteiger charge is -2.18. The number of rotatable bonds is 6. The molecule has 0 amide bonds. The van der Waals surface area contributed by atoms with Crippen molar-refractivity contribution < 1.29 is 4.74 Å². The fraction of sp³-hybridized carbons (Fsp3) is 0.545. The van der Waals surface area contributed by atoms with Gasteiger partial charge in [-0.2, -0.15) is 0 Å². The average Bonchev–Trinajstić information content (AvgIpc) is 2.24. The number of nitrogens with zero attached hydrogens (tertiary/aromatic N) is 1. The van der Waals surface area contributed by atoms with Crippen molar-refractivity contribution in [2.45, 2.75) is 25.8 Å². The largest absolute Gasteiger partial charge is 0.396 e. The van der Waals surface area contributed by atoms with Crippen LogP contribution in [0.2, 0.25) is 5.15 Å². The second-order valence-corrected chi connectivity index (χ2v) is 4.04. The fourth-order valence-corrected chi connectivity index (χ4v) is 1.65. The molecule has 0 aliphatic carbocycles. The second kappa shape index (κ2) is 6.55. The third-order valence-electron chi connectivity index (χ3n) is 2.24. The molecule has 90 valence electrons. The number of nitrogens with two attached hydrogens (primary N) is 1. The third kappa shape index (κ3) is 3.87. The van der Waals surface area contributed by atoms with Gasteiger partial charge in [0.2, 0.25) is 0 Å². The van der Waals surface area contributed by atoms with Crippen LogP contribution < -0.4 is 11.1 Å². The number of nitrogens with one attached hydrogen (secondary N) is 1. The molecule has 1 aromatic heterocycles. The predicted molar refractivity (Wildman–Crippen MR) is 67.9 cm³/mol. The normalized spacial score (nSPS) is 12.4. The molecule has 0 radical (unpaired) electrons. The molecule has 1 heterocycles. The van der Waals surface area contributed by atoms with Gasteiger partial charge in [-0.25, -0.2) is 4.98 Å². The monoisotopic (exact) mass is 243 g/mol. The molecule has 0 saturated carbocycles. The van der Waals surface area contributed by atoms with Gasteiger partial charge in [-0.3, -0.25) is 0 Å². The van der Waals surface area contributed by atoms with Gasteiger partial charge in [-0.15, -0.1) is 0 Å². The van der Waals surface area contributed by atoms with Crippen molar-refractivity contribution >= 4 is 23.1 Å². The summed E-state index contributed by atoms with van der Waals surface area (Å²) < 4.78 is 5.13. The molecule has 3 N–H and O–H groups in total. The lowest BCUT2D eigenvalue weighted by atomic mass is 10.2. The van der Waals surface area contributed by atoms with Crippen LogP contribution in [0.1, 0.15) is 19.8 Å². The molecule has 0 bridgehead atoms. The summed E-state index contributed by atoms with van der Waals surface area (Å²) in [6.45, 7) is 2.75. The molecule has 0 spiro atoms. The number of halogens is 1. The van der Waals surface area contributed by atoms with Crippen molar-refractivity contribution in [1.82, 2.24) is 4.98 Å². The Morgan fingerprint density at radius 1 is 1.56 bits per heavy atom. The second-order valence-electron chi connectivity index (χ2n) is 3.66. The van der Waals surface area contributed by atoms with E-state index in [1.807, 2.05) is 0 Å². The average molecular weight is 244 g/mol. The van der Waals surface area contributed by atoms with E-state index in [1.54, 1.807) is 19.2 Å². The van der Waals surface area contributed by atoms with Crippen LogP contribution in [0.3, 0.4) is 0 Å². The van der Waals surface area contributed by atoms with Crippen molar-refractivity contribution in [3.8, 4) is 0 Å². The lowest BCUT2D eigenvalue weighted by Crippen LogP contribution is -2.25.